The molecule has 0 N–H and O–H groups in total. The molecule has 0 heterocycles. The molecule has 0 aromatic heterocycles. The average molecular weight is 321 g/mol. The van der Waals surface area contributed by atoms with Gasteiger partial charge in [-0.25, -0.2) is 0 Å². The van der Waals surface area contributed by atoms with Gasteiger partial charge in [0, 0.05) is 0 Å². The van der Waals surface area contributed by atoms with Gasteiger partial charge in [-0.2, -0.15) is 0 Å². The van der Waals surface area contributed by atoms with Crippen LogP contribution in [0.3, 0.4) is 0 Å². The van der Waals surface area contributed by atoms with Crippen molar-refractivity contribution in [2.45, 2.75) is 25.0 Å². The van der Waals surface area contributed by atoms with Gasteiger partial charge < -0.3 is 0 Å². The van der Waals surface area contributed by atoms with Crippen molar-refractivity contribution in [3.63, 3.8) is 0 Å². The maximum absolute atomic E-state index is 5.69. The molecule has 0 saturated heterocycles. The van der Waals surface area contributed by atoms with Crippen LogP contribution in [-0.2, 0) is 24.4 Å². The van der Waals surface area contributed by atoms with Crippen molar-refractivity contribution in [3.05, 3.63) is 0 Å². The Morgan fingerprint density at radius 3 is 1.45 bits per heavy atom. The summed E-state index contributed by atoms with van der Waals surface area (Å²) in [6, 6.07) is 0. The molecule has 0 aromatic carbocycles. The molecule has 0 aliphatic carbocycles. The molecule has 0 aliphatic heterocycles. The predicted molar refractivity (Wildman–Crippen MR) is 44.5 cm³/mol. The van der Waals surface area contributed by atoms with E-state index >= 15 is 0 Å². The molecule has 11 heavy (non-hydrogen) atoms. The Morgan fingerprint density at radius 1 is 1.00 bits per heavy atom. The summed E-state index contributed by atoms with van der Waals surface area (Å²) in [7, 11) is 11.4. The maximum atomic E-state index is 5.69. The van der Waals surface area contributed by atoms with Crippen LogP contribution in [-0.4, -0.2) is 11.1 Å². The number of rotatable bonds is 4. The van der Waals surface area contributed by atoms with Crippen molar-refractivity contribution in [1.82, 2.24) is 0 Å². The van der Waals surface area contributed by atoms with Crippen LogP contribution in [0.2, 0.25) is 0 Å². The number of hydrogen-bond donors (Lipinski definition) is 0. The summed E-state index contributed by atoms with van der Waals surface area (Å²) in [5, 5.41) is 0. The Hall–Kier alpha value is 1.96. The first kappa shape index (κ1) is 13.0. The quantitative estimate of drug-likeness (QED) is 0.738. The third-order valence-corrected chi connectivity index (χ3v) is 6.71. The first-order valence-electron chi connectivity index (χ1n) is 2.85. The summed E-state index contributed by atoms with van der Waals surface area (Å²) in [4.78, 5) is 0. The van der Waals surface area contributed by atoms with Crippen molar-refractivity contribution in [2.24, 2.45) is 0 Å². The third-order valence-electron chi connectivity index (χ3n) is 0.599. The molecule has 68 valence electrons. The van der Waals surface area contributed by atoms with E-state index in [0.717, 1.165) is 0 Å². The Bertz CT molecular complexity index is 107. The third kappa shape index (κ3) is 8.30. The van der Waals surface area contributed by atoms with Gasteiger partial charge in [-0.3, -0.25) is 0 Å². The summed E-state index contributed by atoms with van der Waals surface area (Å²) in [5.41, 5.74) is -1.09. The molecule has 0 spiro atoms. The fourth-order valence-corrected chi connectivity index (χ4v) is 8.13. The SMILES string of the molecule is CC(Cl)[O][Zr]([Cl])([Cl])[O]C(C)Cl. The summed E-state index contributed by atoms with van der Waals surface area (Å²) in [6.45, 7) is 3.22. The molecule has 2 unspecified atom stereocenters. The zero-order valence-electron chi connectivity index (χ0n) is 5.98. The summed E-state index contributed by atoms with van der Waals surface area (Å²) in [5.74, 6) is 0. The molecule has 0 rings (SSSR count). The van der Waals surface area contributed by atoms with Gasteiger partial charge in [0.15, 0.2) is 0 Å². The number of halogens is 4. The molecular formula is C4H8Cl4O2Zr. The van der Waals surface area contributed by atoms with Gasteiger partial charge in [-0.05, 0) is 0 Å². The zero-order valence-corrected chi connectivity index (χ0v) is 11.5. The van der Waals surface area contributed by atoms with Gasteiger partial charge in [0.05, 0.1) is 0 Å². The number of alkyl halides is 2. The molecule has 0 bridgehead atoms. The Kier molecular flexibility index (Phi) is 6.65. The molecule has 0 radical (unpaired) electrons. The van der Waals surface area contributed by atoms with Crippen LogP contribution < -0.4 is 0 Å². The molecule has 0 fully saturated rings. The van der Waals surface area contributed by atoms with E-state index < -0.39 is 29.9 Å². The van der Waals surface area contributed by atoms with Crippen LogP contribution in [0.25, 0.3) is 0 Å². The van der Waals surface area contributed by atoms with Gasteiger partial charge in [0.1, 0.15) is 0 Å². The molecule has 2 atom stereocenters. The van der Waals surface area contributed by atoms with E-state index in [4.69, 9.17) is 45.9 Å². The molecule has 0 amide bonds. The predicted octanol–water partition coefficient (Wildman–Crippen LogP) is 3.48. The summed E-state index contributed by atoms with van der Waals surface area (Å²) >= 11 is 7.12. The Labute approximate surface area is 88.8 Å². The monoisotopic (exact) mass is 318 g/mol. The molecule has 0 aliphatic rings. The van der Waals surface area contributed by atoms with Crippen molar-refractivity contribution in [1.29, 1.82) is 0 Å². The van der Waals surface area contributed by atoms with E-state index in [9.17, 15) is 0 Å². The van der Waals surface area contributed by atoms with Crippen LogP contribution >= 0.6 is 40.2 Å². The first-order valence-corrected chi connectivity index (χ1v) is 12.1. The van der Waals surface area contributed by atoms with Crippen molar-refractivity contribution in [2.75, 3.05) is 0 Å². The fraction of sp³-hybridized carbons (Fsp3) is 1.00. The van der Waals surface area contributed by atoms with E-state index in [1.54, 1.807) is 13.8 Å². The zero-order chi connectivity index (χ0) is 9.07. The van der Waals surface area contributed by atoms with Gasteiger partial charge in [0.2, 0.25) is 0 Å². The normalized spacial score (nSPS) is 18.0. The van der Waals surface area contributed by atoms with Gasteiger partial charge in [0.25, 0.3) is 0 Å². The van der Waals surface area contributed by atoms with Crippen LogP contribution in [0.15, 0.2) is 0 Å². The number of hydrogen-bond acceptors (Lipinski definition) is 2. The van der Waals surface area contributed by atoms with Crippen LogP contribution in [0.1, 0.15) is 13.8 Å². The van der Waals surface area contributed by atoms with E-state index in [2.05, 4.69) is 0 Å². The molecule has 7 heteroatoms. The minimum atomic E-state index is -3.85. The fourth-order valence-electron chi connectivity index (χ4n) is 0.406. The average Bonchev–Trinajstić information content (AvgIpc) is 1.53. The molecule has 2 nitrogen and oxygen atoms in total. The second kappa shape index (κ2) is 5.64. The Balaban J connectivity index is 3.79. The van der Waals surface area contributed by atoms with E-state index in [-0.39, 0.29) is 0 Å². The summed E-state index contributed by atoms with van der Waals surface area (Å²) < 4.78 is 9.90. The van der Waals surface area contributed by atoms with E-state index in [1.165, 1.54) is 0 Å². The van der Waals surface area contributed by atoms with Crippen LogP contribution in [0, 0.1) is 0 Å². The first-order chi connectivity index (χ1) is 4.83. The van der Waals surface area contributed by atoms with Gasteiger partial charge in [-0.1, -0.05) is 0 Å². The minimum absolute atomic E-state index is 0.545. The van der Waals surface area contributed by atoms with Crippen molar-refractivity contribution < 1.29 is 24.4 Å². The molecular weight excluding hydrogens is 313 g/mol. The molecule has 0 aromatic rings. The Morgan fingerprint density at radius 2 is 1.27 bits per heavy atom. The summed E-state index contributed by atoms with van der Waals surface area (Å²) in [6.07, 6.45) is 0. The van der Waals surface area contributed by atoms with E-state index in [1.807, 2.05) is 0 Å². The van der Waals surface area contributed by atoms with E-state index in [0.29, 0.717) is 0 Å². The van der Waals surface area contributed by atoms with Crippen LogP contribution in [0.4, 0.5) is 0 Å². The van der Waals surface area contributed by atoms with Gasteiger partial charge >= 0.3 is 89.6 Å². The van der Waals surface area contributed by atoms with Gasteiger partial charge in [-0.15, -0.1) is 0 Å². The van der Waals surface area contributed by atoms with Crippen molar-refractivity contribution >= 4 is 40.2 Å². The second-order valence-corrected chi connectivity index (χ2v) is 13.5. The second-order valence-electron chi connectivity index (χ2n) is 1.79. The molecule has 0 saturated carbocycles. The van der Waals surface area contributed by atoms with Crippen LogP contribution in [0.5, 0.6) is 0 Å². The standard InChI is InChI=1S/2C2H4ClO.2ClH.Zr/c2*1-2(3)4;;;/h2*2H,1H3;2*1H;/q2*-1;;;+4/p-2. The van der Waals surface area contributed by atoms with Crippen molar-refractivity contribution in [3.8, 4) is 0 Å². The topological polar surface area (TPSA) is 18.5 Å².